The fourth-order valence-corrected chi connectivity index (χ4v) is 3.93. The van der Waals surface area contributed by atoms with Crippen LogP contribution in [0.3, 0.4) is 0 Å². The molecule has 0 bridgehead atoms. The minimum Gasteiger partial charge on any atom is -0.344 e. The van der Waals surface area contributed by atoms with Gasteiger partial charge in [-0.25, -0.2) is 5.14 Å². The maximum Gasteiger partial charge on any atom is 0.333 e. The summed E-state index contributed by atoms with van der Waals surface area (Å²) < 4.78 is 39.2. The lowest BCUT2D eigenvalue weighted by Crippen LogP contribution is -2.33. The lowest BCUT2D eigenvalue weighted by Gasteiger charge is -2.32. The number of hydrogen-bond donors (Lipinski definition) is 1. The van der Waals surface area contributed by atoms with Gasteiger partial charge in [0, 0.05) is 25.7 Å². The Morgan fingerprint density at radius 3 is 2.42 bits per heavy atom. The Morgan fingerprint density at radius 2 is 1.75 bits per heavy atom. The molecule has 0 unspecified atom stereocenters. The minimum absolute atomic E-state index is 0.00816. The van der Waals surface area contributed by atoms with Gasteiger partial charge in [-0.15, -0.1) is 0 Å². The van der Waals surface area contributed by atoms with Gasteiger partial charge in [0.1, 0.15) is 0 Å². The number of nitrogens with two attached hydrogens (primary N) is 1. The molecule has 2 aliphatic rings. The Labute approximate surface area is 143 Å². The summed E-state index contributed by atoms with van der Waals surface area (Å²) in [6, 6.07) is 10.1. The third-order valence-corrected chi connectivity index (χ3v) is 5.19. The van der Waals surface area contributed by atoms with Crippen molar-refractivity contribution in [3.63, 3.8) is 0 Å². The molecule has 6 nitrogen and oxygen atoms in total. The van der Waals surface area contributed by atoms with Crippen LogP contribution in [-0.2, 0) is 30.4 Å². The zero-order valence-electron chi connectivity index (χ0n) is 13.7. The second kappa shape index (κ2) is 7.49. The maximum absolute atomic E-state index is 11.0. The minimum atomic E-state index is -3.92. The smallest absolute Gasteiger partial charge is 0.333 e. The molecule has 1 saturated heterocycles. The Hall–Kier alpha value is -0.990. The lowest BCUT2D eigenvalue weighted by atomic mass is 9.94. The van der Waals surface area contributed by atoms with Gasteiger partial charge in [-0.3, -0.25) is 4.18 Å². The Bertz CT molecular complexity index is 628. The van der Waals surface area contributed by atoms with E-state index in [1.165, 1.54) is 12.0 Å². The topological polar surface area (TPSA) is 87.9 Å². The highest BCUT2D eigenvalue weighted by Gasteiger charge is 2.47. The molecule has 1 saturated carbocycles. The zero-order chi connectivity index (χ0) is 17.0. The molecule has 7 heteroatoms. The lowest BCUT2D eigenvalue weighted by molar-refractivity contribution is -0.194. The quantitative estimate of drug-likeness (QED) is 0.846. The van der Waals surface area contributed by atoms with Crippen LogP contribution in [0.25, 0.3) is 0 Å². The van der Waals surface area contributed by atoms with E-state index < -0.39 is 16.1 Å². The molecule has 134 valence electrons. The summed E-state index contributed by atoms with van der Waals surface area (Å²) >= 11 is 0. The van der Waals surface area contributed by atoms with E-state index in [4.69, 9.17) is 14.6 Å². The molecule has 3 rings (SSSR count). The Balaban J connectivity index is 1.67. The normalized spacial score (nSPS) is 26.7. The number of hydrogen-bond acceptors (Lipinski definition) is 5. The van der Waals surface area contributed by atoms with Crippen molar-refractivity contribution in [2.24, 2.45) is 5.14 Å². The highest BCUT2D eigenvalue weighted by Crippen LogP contribution is 2.42. The van der Waals surface area contributed by atoms with Gasteiger partial charge in [0.25, 0.3) is 0 Å². The Morgan fingerprint density at radius 1 is 1.08 bits per heavy atom. The first kappa shape index (κ1) is 17.8. The highest BCUT2D eigenvalue weighted by atomic mass is 32.2. The summed E-state index contributed by atoms with van der Waals surface area (Å²) in [6.45, 7) is 0.00816. The second-order valence-electron chi connectivity index (χ2n) is 6.58. The van der Waals surface area contributed by atoms with Gasteiger partial charge in [0.2, 0.25) is 0 Å². The van der Waals surface area contributed by atoms with Crippen LogP contribution >= 0.6 is 0 Å². The number of ether oxygens (including phenoxy) is 2. The van der Waals surface area contributed by atoms with Crippen molar-refractivity contribution in [2.45, 2.75) is 62.9 Å². The van der Waals surface area contributed by atoms with Crippen LogP contribution in [0.1, 0.15) is 44.1 Å². The van der Waals surface area contributed by atoms with E-state index >= 15 is 0 Å². The summed E-state index contributed by atoms with van der Waals surface area (Å²) in [5, 5.41) is 4.89. The third-order valence-electron chi connectivity index (χ3n) is 4.69. The van der Waals surface area contributed by atoms with Gasteiger partial charge >= 0.3 is 10.3 Å². The highest BCUT2D eigenvalue weighted by molar-refractivity contribution is 7.84. The summed E-state index contributed by atoms with van der Waals surface area (Å²) in [5.74, 6) is -0.510. The predicted octanol–water partition coefficient (Wildman–Crippen LogP) is 2.28. The van der Waals surface area contributed by atoms with E-state index in [9.17, 15) is 8.42 Å². The van der Waals surface area contributed by atoms with E-state index in [0.717, 1.165) is 32.1 Å². The van der Waals surface area contributed by atoms with Gasteiger partial charge in [-0.2, -0.15) is 8.42 Å². The molecule has 1 aromatic rings. The van der Waals surface area contributed by atoms with Gasteiger partial charge < -0.3 is 9.47 Å². The fourth-order valence-electron chi connectivity index (χ4n) is 3.60. The van der Waals surface area contributed by atoms with Crippen molar-refractivity contribution in [3.05, 3.63) is 35.9 Å². The van der Waals surface area contributed by atoms with Crippen LogP contribution in [0, 0.1) is 0 Å². The predicted molar refractivity (Wildman–Crippen MR) is 89.4 cm³/mol. The molecule has 1 aromatic carbocycles. The molecule has 0 radical (unpaired) electrons. The molecular formula is C17H25NO5S. The third kappa shape index (κ3) is 4.77. The van der Waals surface area contributed by atoms with Crippen LogP contribution < -0.4 is 5.14 Å². The first-order valence-corrected chi connectivity index (χ1v) is 10.00. The molecule has 1 spiro atoms. The van der Waals surface area contributed by atoms with Gasteiger partial charge in [0.05, 0.1) is 18.8 Å². The summed E-state index contributed by atoms with van der Waals surface area (Å²) in [7, 11) is -3.92. The zero-order valence-corrected chi connectivity index (χ0v) is 14.5. The Kier molecular flexibility index (Phi) is 5.56. The fraction of sp³-hybridized carbons (Fsp3) is 0.647. The molecule has 1 aliphatic heterocycles. The standard InChI is InChI=1S/C17H25NO5S/c18-24(19,20)21-12-9-15-16(13-14-7-3-1-4-8-14)23-17(22-15)10-5-2-6-11-17/h1,3-4,7-8,15-16H,2,5-6,9-13H2,(H2,18,19,20)/t15-,16-/m1/s1. The number of rotatable bonds is 6. The summed E-state index contributed by atoms with van der Waals surface area (Å²) in [6.07, 6.45) is 6.07. The van der Waals surface area contributed by atoms with Crippen molar-refractivity contribution in [1.82, 2.24) is 0 Å². The van der Waals surface area contributed by atoms with Gasteiger partial charge in [-0.05, 0) is 18.4 Å². The van der Waals surface area contributed by atoms with Crippen LogP contribution in [0.5, 0.6) is 0 Å². The van der Waals surface area contributed by atoms with Crippen molar-refractivity contribution >= 4 is 10.3 Å². The van der Waals surface area contributed by atoms with Crippen LogP contribution in [0.4, 0.5) is 0 Å². The molecule has 0 amide bonds. The van der Waals surface area contributed by atoms with E-state index in [-0.39, 0.29) is 18.8 Å². The summed E-state index contributed by atoms with van der Waals surface area (Å²) in [4.78, 5) is 0. The van der Waals surface area contributed by atoms with Crippen molar-refractivity contribution in [1.29, 1.82) is 0 Å². The largest absolute Gasteiger partial charge is 0.344 e. The van der Waals surface area contributed by atoms with E-state index in [0.29, 0.717) is 6.42 Å². The summed E-state index contributed by atoms with van der Waals surface area (Å²) in [5.41, 5.74) is 1.18. The average molecular weight is 355 g/mol. The van der Waals surface area contributed by atoms with Crippen LogP contribution in [-0.4, -0.2) is 33.0 Å². The molecule has 2 N–H and O–H groups in total. The average Bonchev–Trinajstić information content (AvgIpc) is 2.85. The first-order valence-electron chi connectivity index (χ1n) is 8.53. The van der Waals surface area contributed by atoms with E-state index in [1.807, 2.05) is 18.2 Å². The van der Waals surface area contributed by atoms with Crippen LogP contribution in [0.2, 0.25) is 0 Å². The maximum atomic E-state index is 11.0. The van der Waals surface area contributed by atoms with E-state index in [1.54, 1.807) is 0 Å². The molecule has 1 heterocycles. The van der Waals surface area contributed by atoms with Crippen molar-refractivity contribution < 1.29 is 22.1 Å². The van der Waals surface area contributed by atoms with Gasteiger partial charge in [0.15, 0.2) is 5.79 Å². The monoisotopic (exact) mass is 355 g/mol. The molecule has 2 fully saturated rings. The van der Waals surface area contributed by atoms with Crippen molar-refractivity contribution in [3.8, 4) is 0 Å². The SMILES string of the molecule is NS(=O)(=O)OCC[C@H]1OC2(CCCCC2)O[C@@H]1Cc1ccccc1. The molecule has 24 heavy (non-hydrogen) atoms. The first-order chi connectivity index (χ1) is 11.5. The van der Waals surface area contributed by atoms with Crippen molar-refractivity contribution in [2.75, 3.05) is 6.61 Å². The number of benzene rings is 1. The van der Waals surface area contributed by atoms with Gasteiger partial charge in [-0.1, -0.05) is 36.8 Å². The van der Waals surface area contributed by atoms with E-state index in [2.05, 4.69) is 16.3 Å². The molecular weight excluding hydrogens is 330 g/mol. The van der Waals surface area contributed by atoms with Crippen LogP contribution in [0.15, 0.2) is 30.3 Å². The second-order valence-corrected chi connectivity index (χ2v) is 7.80. The molecule has 2 atom stereocenters. The molecule has 0 aromatic heterocycles. The molecule has 1 aliphatic carbocycles.